The van der Waals surface area contributed by atoms with Crippen LogP contribution in [0.2, 0.25) is 0 Å². The van der Waals surface area contributed by atoms with Crippen LogP contribution in [0.25, 0.3) is 5.52 Å². The molecule has 5 heteroatoms. The van der Waals surface area contributed by atoms with Gasteiger partial charge in [-0.25, -0.2) is 9.50 Å². The third kappa shape index (κ3) is 2.11. The fraction of sp³-hybridized carbons (Fsp3) is 0.250. The second-order valence-corrected chi connectivity index (χ2v) is 4.18. The standard InChI is InChI=1S/C12H12N4O/c1-12(2,11(13)17)5-3-9-10-4-6-15-16(10)8-7-14-9/h4,6-8H,1-2H3,(H2,13,17). The first-order valence-corrected chi connectivity index (χ1v) is 5.12. The van der Waals surface area contributed by atoms with E-state index in [1.165, 1.54) is 0 Å². The SMILES string of the molecule is CC(C)(C#Cc1nccn2nccc12)C(N)=O. The first-order valence-electron chi connectivity index (χ1n) is 5.12. The molecule has 0 bridgehead atoms. The minimum absolute atomic E-state index is 0.453. The highest BCUT2D eigenvalue weighted by molar-refractivity contribution is 5.83. The number of nitrogens with two attached hydrogens (primary N) is 1. The van der Waals surface area contributed by atoms with Crippen molar-refractivity contribution in [2.75, 3.05) is 0 Å². The molecule has 0 aliphatic rings. The van der Waals surface area contributed by atoms with Gasteiger partial charge in [0.15, 0.2) is 0 Å². The molecule has 5 nitrogen and oxygen atoms in total. The van der Waals surface area contributed by atoms with Gasteiger partial charge in [-0.1, -0.05) is 5.92 Å². The van der Waals surface area contributed by atoms with Gasteiger partial charge in [0.2, 0.25) is 5.91 Å². The van der Waals surface area contributed by atoms with Crippen molar-refractivity contribution in [1.29, 1.82) is 0 Å². The van der Waals surface area contributed by atoms with E-state index < -0.39 is 11.3 Å². The Labute approximate surface area is 98.6 Å². The van der Waals surface area contributed by atoms with Gasteiger partial charge >= 0.3 is 0 Å². The quantitative estimate of drug-likeness (QED) is 0.726. The van der Waals surface area contributed by atoms with Crippen LogP contribution in [-0.2, 0) is 4.79 Å². The number of aromatic nitrogens is 3. The molecule has 0 fully saturated rings. The molecule has 0 spiro atoms. The zero-order chi connectivity index (χ0) is 12.5. The molecule has 0 aromatic carbocycles. The van der Waals surface area contributed by atoms with E-state index >= 15 is 0 Å². The van der Waals surface area contributed by atoms with Crippen LogP contribution < -0.4 is 5.73 Å². The Morgan fingerprint density at radius 2 is 2.24 bits per heavy atom. The Bertz CT molecular complexity index is 630. The van der Waals surface area contributed by atoms with Crippen LogP contribution >= 0.6 is 0 Å². The maximum atomic E-state index is 11.1. The van der Waals surface area contributed by atoms with E-state index in [0.29, 0.717) is 5.69 Å². The zero-order valence-corrected chi connectivity index (χ0v) is 9.64. The number of fused-ring (bicyclic) bond motifs is 1. The summed E-state index contributed by atoms with van der Waals surface area (Å²) < 4.78 is 1.67. The molecule has 0 aliphatic heterocycles. The van der Waals surface area contributed by atoms with Gasteiger partial charge < -0.3 is 5.73 Å². The monoisotopic (exact) mass is 228 g/mol. The van der Waals surface area contributed by atoms with Crippen LogP contribution in [0.15, 0.2) is 24.7 Å². The molecule has 0 saturated carbocycles. The molecule has 0 unspecified atom stereocenters. The summed E-state index contributed by atoms with van der Waals surface area (Å²) in [5.41, 5.74) is 5.77. The minimum Gasteiger partial charge on any atom is -0.368 e. The Balaban J connectivity index is 2.46. The molecule has 2 heterocycles. The van der Waals surface area contributed by atoms with E-state index in [2.05, 4.69) is 21.9 Å². The van der Waals surface area contributed by atoms with Gasteiger partial charge in [0.05, 0.1) is 6.20 Å². The van der Waals surface area contributed by atoms with Crippen molar-refractivity contribution >= 4 is 11.4 Å². The van der Waals surface area contributed by atoms with Crippen LogP contribution in [0.3, 0.4) is 0 Å². The van der Waals surface area contributed by atoms with Crippen molar-refractivity contribution in [3.05, 3.63) is 30.4 Å². The number of primary amides is 1. The van der Waals surface area contributed by atoms with E-state index in [1.807, 2.05) is 6.07 Å². The second kappa shape index (κ2) is 3.91. The summed E-state index contributed by atoms with van der Waals surface area (Å²) in [5, 5.41) is 4.08. The lowest BCUT2D eigenvalue weighted by Crippen LogP contribution is -2.29. The maximum Gasteiger partial charge on any atom is 0.235 e. The molecule has 2 N–H and O–H groups in total. The van der Waals surface area contributed by atoms with Gasteiger partial charge in [0, 0.05) is 12.4 Å². The Hall–Kier alpha value is -2.35. The number of carbonyl (C=O) groups is 1. The average Bonchev–Trinajstić information content (AvgIpc) is 2.74. The van der Waals surface area contributed by atoms with E-state index in [1.54, 1.807) is 37.0 Å². The van der Waals surface area contributed by atoms with Crippen molar-refractivity contribution in [2.45, 2.75) is 13.8 Å². The van der Waals surface area contributed by atoms with Gasteiger partial charge in [-0.05, 0) is 25.8 Å². The lowest BCUT2D eigenvalue weighted by molar-refractivity contribution is -0.123. The van der Waals surface area contributed by atoms with Crippen molar-refractivity contribution in [3.8, 4) is 11.8 Å². The molecule has 86 valence electrons. The molecule has 1 amide bonds. The predicted molar refractivity (Wildman–Crippen MR) is 62.8 cm³/mol. The summed E-state index contributed by atoms with van der Waals surface area (Å²) in [6, 6.07) is 1.81. The number of hydrogen-bond acceptors (Lipinski definition) is 3. The average molecular weight is 228 g/mol. The van der Waals surface area contributed by atoms with Gasteiger partial charge in [0.25, 0.3) is 0 Å². The van der Waals surface area contributed by atoms with Crippen molar-refractivity contribution < 1.29 is 4.79 Å². The normalized spacial score (nSPS) is 10.9. The molecule has 0 aliphatic carbocycles. The van der Waals surface area contributed by atoms with E-state index in [9.17, 15) is 4.79 Å². The van der Waals surface area contributed by atoms with E-state index in [-0.39, 0.29) is 0 Å². The Morgan fingerprint density at radius 1 is 1.47 bits per heavy atom. The van der Waals surface area contributed by atoms with Gasteiger partial charge in [0.1, 0.15) is 16.6 Å². The number of nitrogens with zero attached hydrogens (tertiary/aromatic N) is 3. The van der Waals surface area contributed by atoms with Crippen LogP contribution in [0, 0.1) is 17.3 Å². The third-order valence-electron chi connectivity index (χ3n) is 2.43. The number of carbonyl (C=O) groups excluding carboxylic acids is 1. The molecule has 2 aromatic heterocycles. The minimum atomic E-state index is -0.867. The van der Waals surface area contributed by atoms with Gasteiger partial charge in [-0.3, -0.25) is 4.79 Å². The van der Waals surface area contributed by atoms with Crippen LogP contribution in [0.1, 0.15) is 19.5 Å². The topological polar surface area (TPSA) is 73.3 Å². The lowest BCUT2D eigenvalue weighted by Gasteiger charge is -2.10. The maximum absolute atomic E-state index is 11.1. The molecule has 17 heavy (non-hydrogen) atoms. The van der Waals surface area contributed by atoms with Gasteiger partial charge in [-0.15, -0.1) is 0 Å². The molecule has 0 radical (unpaired) electrons. The molecule has 2 aromatic rings. The predicted octanol–water partition coefficient (Wildman–Crippen LogP) is 0.592. The van der Waals surface area contributed by atoms with E-state index in [0.717, 1.165) is 5.52 Å². The van der Waals surface area contributed by atoms with Crippen molar-refractivity contribution in [2.24, 2.45) is 11.1 Å². The van der Waals surface area contributed by atoms with Crippen molar-refractivity contribution in [1.82, 2.24) is 14.6 Å². The second-order valence-electron chi connectivity index (χ2n) is 4.18. The smallest absolute Gasteiger partial charge is 0.235 e. The number of hydrogen-bond donors (Lipinski definition) is 1. The number of rotatable bonds is 1. The molecule has 2 rings (SSSR count). The van der Waals surface area contributed by atoms with Crippen molar-refractivity contribution in [3.63, 3.8) is 0 Å². The van der Waals surface area contributed by atoms with Crippen LogP contribution in [0.4, 0.5) is 0 Å². The van der Waals surface area contributed by atoms with Crippen LogP contribution in [0.5, 0.6) is 0 Å². The highest BCUT2D eigenvalue weighted by Crippen LogP contribution is 2.13. The third-order valence-corrected chi connectivity index (χ3v) is 2.43. The summed E-state index contributed by atoms with van der Waals surface area (Å²) in [6.45, 7) is 3.36. The zero-order valence-electron chi connectivity index (χ0n) is 9.64. The first kappa shape index (κ1) is 11.1. The molecular weight excluding hydrogens is 216 g/mol. The van der Waals surface area contributed by atoms with E-state index in [4.69, 9.17) is 5.73 Å². The summed E-state index contributed by atoms with van der Waals surface area (Å²) in [7, 11) is 0. The highest BCUT2D eigenvalue weighted by Gasteiger charge is 2.21. The Kier molecular flexibility index (Phi) is 2.56. The fourth-order valence-corrected chi connectivity index (χ4v) is 1.23. The molecule has 0 atom stereocenters. The summed E-state index contributed by atoms with van der Waals surface area (Å²) >= 11 is 0. The summed E-state index contributed by atoms with van der Waals surface area (Å²) in [5.74, 6) is 5.25. The summed E-state index contributed by atoms with van der Waals surface area (Å²) in [6.07, 6.45) is 5.02. The summed E-state index contributed by atoms with van der Waals surface area (Å²) in [4.78, 5) is 15.3. The largest absolute Gasteiger partial charge is 0.368 e. The van der Waals surface area contributed by atoms with Crippen LogP contribution in [-0.4, -0.2) is 20.5 Å². The highest BCUT2D eigenvalue weighted by atomic mass is 16.1. The molecule has 0 saturated heterocycles. The lowest BCUT2D eigenvalue weighted by atomic mass is 9.93. The first-order chi connectivity index (χ1) is 8.00. The molecular formula is C12H12N4O. The Morgan fingerprint density at radius 3 is 2.94 bits per heavy atom. The fourth-order valence-electron chi connectivity index (χ4n) is 1.23. The van der Waals surface area contributed by atoms with Gasteiger partial charge in [-0.2, -0.15) is 5.10 Å². The number of amides is 1.